The van der Waals surface area contributed by atoms with Gasteiger partial charge in [0.05, 0.1) is 0 Å². The van der Waals surface area contributed by atoms with E-state index in [0.717, 1.165) is 0 Å². The SMILES string of the molecule is O=C1CCN(C(=O)[C@@H]2CC[C@H](C(=O)O)O2)CCN1. The van der Waals surface area contributed by atoms with E-state index in [2.05, 4.69) is 5.32 Å². The second-order valence-corrected chi connectivity index (χ2v) is 4.45. The minimum Gasteiger partial charge on any atom is -0.479 e. The fourth-order valence-electron chi connectivity index (χ4n) is 2.19. The molecule has 7 nitrogen and oxygen atoms in total. The van der Waals surface area contributed by atoms with Gasteiger partial charge in [0.15, 0.2) is 6.10 Å². The summed E-state index contributed by atoms with van der Waals surface area (Å²) in [6.45, 7) is 1.24. The van der Waals surface area contributed by atoms with Gasteiger partial charge >= 0.3 is 5.97 Å². The Labute approximate surface area is 104 Å². The maximum absolute atomic E-state index is 12.1. The highest BCUT2D eigenvalue weighted by Crippen LogP contribution is 2.21. The van der Waals surface area contributed by atoms with Gasteiger partial charge in [-0.05, 0) is 12.8 Å². The second kappa shape index (κ2) is 5.34. The first-order chi connectivity index (χ1) is 8.58. The Balaban J connectivity index is 1.91. The van der Waals surface area contributed by atoms with Gasteiger partial charge in [-0.25, -0.2) is 4.79 Å². The Kier molecular flexibility index (Phi) is 3.81. The fourth-order valence-corrected chi connectivity index (χ4v) is 2.19. The summed E-state index contributed by atoms with van der Waals surface area (Å²) in [6, 6.07) is 0. The van der Waals surface area contributed by atoms with Crippen LogP contribution in [-0.2, 0) is 19.1 Å². The normalized spacial score (nSPS) is 28.7. The van der Waals surface area contributed by atoms with Crippen molar-refractivity contribution >= 4 is 17.8 Å². The van der Waals surface area contributed by atoms with Crippen LogP contribution in [0.15, 0.2) is 0 Å². The summed E-state index contributed by atoms with van der Waals surface area (Å²) in [7, 11) is 0. The lowest BCUT2D eigenvalue weighted by Crippen LogP contribution is -2.41. The number of hydrogen-bond donors (Lipinski definition) is 2. The van der Waals surface area contributed by atoms with Gasteiger partial charge in [0.25, 0.3) is 5.91 Å². The third-order valence-corrected chi connectivity index (χ3v) is 3.19. The molecule has 0 saturated carbocycles. The van der Waals surface area contributed by atoms with Gasteiger partial charge in [-0.15, -0.1) is 0 Å². The summed E-state index contributed by atoms with van der Waals surface area (Å²) in [4.78, 5) is 35.6. The van der Waals surface area contributed by atoms with E-state index in [9.17, 15) is 14.4 Å². The van der Waals surface area contributed by atoms with Gasteiger partial charge in [0.1, 0.15) is 6.10 Å². The van der Waals surface area contributed by atoms with E-state index in [1.807, 2.05) is 0 Å². The molecule has 0 aromatic rings. The third kappa shape index (κ3) is 2.79. The van der Waals surface area contributed by atoms with Crippen LogP contribution in [0.3, 0.4) is 0 Å². The number of carbonyl (C=O) groups excluding carboxylic acids is 2. The number of carboxylic acids is 1. The van der Waals surface area contributed by atoms with Crippen molar-refractivity contribution in [2.45, 2.75) is 31.5 Å². The predicted molar refractivity (Wildman–Crippen MR) is 59.7 cm³/mol. The van der Waals surface area contributed by atoms with Crippen LogP contribution in [0.2, 0.25) is 0 Å². The third-order valence-electron chi connectivity index (χ3n) is 3.19. The van der Waals surface area contributed by atoms with Gasteiger partial charge in [0.2, 0.25) is 5.91 Å². The van der Waals surface area contributed by atoms with Crippen molar-refractivity contribution in [2.75, 3.05) is 19.6 Å². The van der Waals surface area contributed by atoms with Crippen molar-refractivity contribution in [3.05, 3.63) is 0 Å². The number of nitrogens with one attached hydrogen (secondary N) is 1. The van der Waals surface area contributed by atoms with Crippen molar-refractivity contribution in [2.24, 2.45) is 0 Å². The minimum absolute atomic E-state index is 0.0685. The first-order valence-electron chi connectivity index (χ1n) is 6.01. The fraction of sp³-hybridized carbons (Fsp3) is 0.727. The molecule has 7 heteroatoms. The molecule has 2 heterocycles. The van der Waals surface area contributed by atoms with Crippen molar-refractivity contribution in [1.29, 1.82) is 0 Å². The summed E-state index contributed by atoms with van der Waals surface area (Å²) in [5.41, 5.74) is 0. The van der Waals surface area contributed by atoms with E-state index >= 15 is 0 Å². The molecular formula is C11H16N2O5. The molecule has 0 radical (unpaired) electrons. The molecular weight excluding hydrogens is 240 g/mol. The van der Waals surface area contributed by atoms with E-state index in [4.69, 9.17) is 9.84 Å². The average molecular weight is 256 g/mol. The molecule has 0 bridgehead atoms. The highest BCUT2D eigenvalue weighted by atomic mass is 16.5. The zero-order chi connectivity index (χ0) is 13.1. The van der Waals surface area contributed by atoms with Crippen molar-refractivity contribution in [1.82, 2.24) is 10.2 Å². The molecule has 0 spiro atoms. The number of rotatable bonds is 2. The molecule has 2 atom stereocenters. The monoisotopic (exact) mass is 256 g/mol. The van der Waals surface area contributed by atoms with Crippen LogP contribution >= 0.6 is 0 Å². The Hall–Kier alpha value is -1.63. The van der Waals surface area contributed by atoms with Gasteiger partial charge in [-0.1, -0.05) is 0 Å². The molecule has 0 aromatic carbocycles. The lowest BCUT2D eigenvalue weighted by Gasteiger charge is -2.22. The lowest BCUT2D eigenvalue weighted by molar-refractivity contribution is -0.154. The molecule has 18 heavy (non-hydrogen) atoms. The van der Waals surface area contributed by atoms with Crippen LogP contribution in [0.25, 0.3) is 0 Å². The van der Waals surface area contributed by atoms with Crippen LogP contribution in [-0.4, -0.2) is 59.6 Å². The molecule has 0 aromatic heterocycles. The topological polar surface area (TPSA) is 95.9 Å². The highest BCUT2D eigenvalue weighted by Gasteiger charge is 2.37. The molecule has 100 valence electrons. The Morgan fingerprint density at radius 1 is 1.28 bits per heavy atom. The maximum Gasteiger partial charge on any atom is 0.332 e. The van der Waals surface area contributed by atoms with Crippen LogP contribution < -0.4 is 5.32 Å². The maximum atomic E-state index is 12.1. The number of carboxylic acid groups (broad SMARTS) is 1. The molecule has 2 aliphatic rings. The molecule has 2 aliphatic heterocycles. The number of carbonyl (C=O) groups is 3. The first-order valence-corrected chi connectivity index (χ1v) is 6.01. The van der Waals surface area contributed by atoms with Gasteiger partial charge < -0.3 is 20.1 Å². The van der Waals surface area contributed by atoms with Gasteiger partial charge in [-0.2, -0.15) is 0 Å². The van der Waals surface area contributed by atoms with E-state index in [0.29, 0.717) is 32.5 Å². The van der Waals surface area contributed by atoms with Crippen LogP contribution in [0.5, 0.6) is 0 Å². The quantitative estimate of drug-likeness (QED) is 0.658. The standard InChI is InChI=1S/C11H16N2O5/c14-9-3-5-13(6-4-12-9)10(15)7-1-2-8(18-7)11(16)17/h7-8H,1-6H2,(H,12,14)(H,16,17)/t7-,8+/m0/s1. The summed E-state index contributed by atoms with van der Waals surface area (Å²) >= 11 is 0. The Bertz CT molecular complexity index is 370. The molecule has 2 rings (SSSR count). The summed E-state index contributed by atoms with van der Waals surface area (Å²) < 4.78 is 5.21. The molecule has 2 saturated heterocycles. The summed E-state index contributed by atoms with van der Waals surface area (Å²) in [5.74, 6) is -1.31. The van der Waals surface area contributed by atoms with E-state index in [-0.39, 0.29) is 18.2 Å². The van der Waals surface area contributed by atoms with Crippen molar-refractivity contribution in [3.8, 4) is 0 Å². The average Bonchev–Trinajstić information content (AvgIpc) is 2.73. The summed E-state index contributed by atoms with van der Waals surface area (Å²) in [6.07, 6.45) is -0.504. The van der Waals surface area contributed by atoms with E-state index in [1.165, 1.54) is 0 Å². The van der Waals surface area contributed by atoms with Crippen LogP contribution in [0.4, 0.5) is 0 Å². The number of aliphatic carboxylic acids is 1. The smallest absolute Gasteiger partial charge is 0.332 e. The molecule has 2 amide bonds. The molecule has 0 unspecified atom stereocenters. The molecule has 2 fully saturated rings. The van der Waals surface area contributed by atoms with Crippen molar-refractivity contribution in [3.63, 3.8) is 0 Å². The van der Waals surface area contributed by atoms with E-state index in [1.54, 1.807) is 4.90 Å². The predicted octanol–water partition coefficient (Wildman–Crippen LogP) is -1.03. The minimum atomic E-state index is -1.03. The van der Waals surface area contributed by atoms with Gasteiger partial charge in [-0.3, -0.25) is 9.59 Å². The number of hydrogen-bond acceptors (Lipinski definition) is 4. The number of nitrogens with zero attached hydrogens (tertiary/aromatic N) is 1. The Morgan fingerprint density at radius 3 is 2.67 bits per heavy atom. The van der Waals surface area contributed by atoms with Gasteiger partial charge in [0, 0.05) is 26.1 Å². The molecule has 0 aliphatic carbocycles. The summed E-state index contributed by atoms with van der Waals surface area (Å²) in [5, 5.41) is 11.5. The van der Waals surface area contributed by atoms with Crippen LogP contribution in [0.1, 0.15) is 19.3 Å². The largest absolute Gasteiger partial charge is 0.479 e. The first kappa shape index (κ1) is 12.8. The lowest BCUT2D eigenvalue weighted by atomic mass is 10.2. The van der Waals surface area contributed by atoms with Crippen LogP contribution in [0, 0.1) is 0 Å². The zero-order valence-corrected chi connectivity index (χ0v) is 9.92. The number of amides is 2. The van der Waals surface area contributed by atoms with Crippen molar-refractivity contribution < 1.29 is 24.2 Å². The zero-order valence-electron chi connectivity index (χ0n) is 9.92. The second-order valence-electron chi connectivity index (χ2n) is 4.45. The number of ether oxygens (including phenoxy) is 1. The van der Waals surface area contributed by atoms with E-state index < -0.39 is 18.2 Å². The highest BCUT2D eigenvalue weighted by molar-refractivity contribution is 5.84. The Morgan fingerprint density at radius 2 is 2.00 bits per heavy atom. The molecule has 2 N–H and O–H groups in total.